The summed E-state index contributed by atoms with van der Waals surface area (Å²) in [6.45, 7) is 8.17. The first-order valence-electron chi connectivity index (χ1n) is 8.59. The number of rotatable bonds is 2. The molecule has 2 heterocycles. The van der Waals surface area contributed by atoms with Crippen molar-refractivity contribution < 1.29 is 14.6 Å². The summed E-state index contributed by atoms with van der Waals surface area (Å²) in [6, 6.07) is 5.40. The zero-order valence-corrected chi connectivity index (χ0v) is 15.2. The predicted molar refractivity (Wildman–Crippen MR) is 95.3 cm³/mol. The van der Waals surface area contributed by atoms with Crippen LogP contribution in [0.2, 0.25) is 0 Å². The summed E-state index contributed by atoms with van der Waals surface area (Å²) in [7, 11) is 0. The van der Waals surface area contributed by atoms with Gasteiger partial charge in [-0.2, -0.15) is 0 Å². The van der Waals surface area contributed by atoms with Crippen molar-refractivity contribution in [3.63, 3.8) is 0 Å². The van der Waals surface area contributed by atoms with Crippen molar-refractivity contribution in [1.82, 2.24) is 14.9 Å². The highest BCUT2D eigenvalue weighted by atomic mass is 16.6. The van der Waals surface area contributed by atoms with E-state index in [0.29, 0.717) is 12.1 Å². The number of benzene rings is 1. The lowest BCUT2D eigenvalue weighted by molar-refractivity contribution is 0.0218. The number of aromatic amines is 1. The lowest BCUT2D eigenvalue weighted by Crippen LogP contribution is -2.36. The van der Waals surface area contributed by atoms with Crippen LogP contribution in [0.5, 0.6) is 5.75 Å². The molecule has 1 atom stereocenters. The number of carbonyl (C=O) groups is 1. The molecule has 1 saturated heterocycles. The number of aromatic nitrogens is 2. The number of amides is 1. The molecular formula is C19H25N3O3. The quantitative estimate of drug-likeness (QED) is 0.858. The highest BCUT2D eigenvalue weighted by Gasteiger charge is 2.34. The smallest absolute Gasteiger partial charge is 0.410 e. The van der Waals surface area contributed by atoms with Crippen LogP contribution in [-0.4, -0.2) is 38.2 Å². The SMILES string of the molecule is Cc1ccc(-c2cnc(C3CCCN3C(=O)OC(C)(C)C)[nH]2)c(O)c1. The summed E-state index contributed by atoms with van der Waals surface area (Å²) < 4.78 is 5.50. The Morgan fingerprint density at radius 2 is 2.16 bits per heavy atom. The van der Waals surface area contributed by atoms with Gasteiger partial charge in [0.25, 0.3) is 0 Å². The van der Waals surface area contributed by atoms with Crippen molar-refractivity contribution in [2.75, 3.05) is 6.54 Å². The molecule has 0 bridgehead atoms. The molecule has 2 N–H and O–H groups in total. The van der Waals surface area contributed by atoms with Crippen LogP contribution in [0.3, 0.4) is 0 Å². The number of aryl methyl sites for hydroxylation is 1. The van der Waals surface area contributed by atoms with Gasteiger partial charge in [-0.05, 0) is 58.2 Å². The Balaban J connectivity index is 1.82. The summed E-state index contributed by atoms with van der Waals surface area (Å²) >= 11 is 0. The Morgan fingerprint density at radius 1 is 1.40 bits per heavy atom. The first kappa shape index (κ1) is 17.3. The van der Waals surface area contributed by atoms with Gasteiger partial charge in [0.2, 0.25) is 0 Å². The Kier molecular flexibility index (Phi) is 4.45. The number of nitrogens with one attached hydrogen (secondary N) is 1. The molecule has 1 aliphatic heterocycles. The molecular weight excluding hydrogens is 318 g/mol. The molecule has 2 aromatic rings. The molecule has 0 radical (unpaired) electrons. The highest BCUT2D eigenvalue weighted by molar-refractivity contribution is 5.70. The molecule has 6 heteroatoms. The number of hydrogen-bond acceptors (Lipinski definition) is 4. The number of carbonyl (C=O) groups excluding carboxylic acids is 1. The summed E-state index contributed by atoms with van der Waals surface area (Å²) in [4.78, 5) is 21.9. The van der Waals surface area contributed by atoms with Gasteiger partial charge in [0.1, 0.15) is 17.2 Å². The number of imidazole rings is 1. The van der Waals surface area contributed by atoms with E-state index in [4.69, 9.17) is 4.74 Å². The van der Waals surface area contributed by atoms with E-state index in [0.717, 1.165) is 29.9 Å². The third-order valence-electron chi connectivity index (χ3n) is 4.24. The zero-order chi connectivity index (χ0) is 18.2. The fraction of sp³-hybridized carbons (Fsp3) is 0.474. The average molecular weight is 343 g/mol. The normalized spacial score (nSPS) is 17.8. The Morgan fingerprint density at radius 3 is 2.84 bits per heavy atom. The van der Waals surface area contributed by atoms with Crippen molar-refractivity contribution in [1.29, 1.82) is 0 Å². The highest BCUT2D eigenvalue weighted by Crippen LogP contribution is 2.34. The van der Waals surface area contributed by atoms with Gasteiger partial charge in [-0.3, -0.25) is 4.90 Å². The van der Waals surface area contributed by atoms with Crippen LogP contribution in [0, 0.1) is 6.92 Å². The monoisotopic (exact) mass is 343 g/mol. The second kappa shape index (κ2) is 6.43. The first-order chi connectivity index (χ1) is 11.7. The van der Waals surface area contributed by atoms with E-state index in [9.17, 15) is 9.90 Å². The maximum atomic E-state index is 12.4. The van der Waals surface area contributed by atoms with Gasteiger partial charge < -0.3 is 14.8 Å². The van der Waals surface area contributed by atoms with Crippen molar-refractivity contribution in [2.45, 2.75) is 52.2 Å². The van der Waals surface area contributed by atoms with Crippen molar-refractivity contribution in [2.24, 2.45) is 0 Å². The molecule has 0 saturated carbocycles. The Labute approximate surface area is 147 Å². The van der Waals surface area contributed by atoms with Gasteiger partial charge in [-0.1, -0.05) is 6.07 Å². The van der Waals surface area contributed by atoms with Crippen LogP contribution in [-0.2, 0) is 4.74 Å². The van der Waals surface area contributed by atoms with Gasteiger partial charge in [-0.15, -0.1) is 0 Å². The van der Waals surface area contributed by atoms with E-state index in [1.807, 2.05) is 39.8 Å². The van der Waals surface area contributed by atoms with Crippen LogP contribution >= 0.6 is 0 Å². The molecule has 0 spiro atoms. The first-order valence-corrected chi connectivity index (χ1v) is 8.59. The van der Waals surface area contributed by atoms with E-state index >= 15 is 0 Å². The van der Waals surface area contributed by atoms with E-state index in [-0.39, 0.29) is 17.9 Å². The molecule has 1 aromatic heterocycles. The van der Waals surface area contributed by atoms with E-state index in [1.165, 1.54) is 0 Å². The standard InChI is InChI=1S/C19H25N3O3/c1-12-7-8-13(16(23)10-12)14-11-20-17(21-14)15-6-5-9-22(15)18(24)25-19(2,3)4/h7-8,10-11,15,23H,5-6,9H2,1-4H3,(H,20,21). The van der Waals surface area contributed by atoms with Crippen LogP contribution in [0.1, 0.15) is 51.0 Å². The summed E-state index contributed by atoms with van der Waals surface area (Å²) in [6.07, 6.45) is 3.14. The van der Waals surface area contributed by atoms with Crippen molar-refractivity contribution in [3.05, 3.63) is 35.8 Å². The molecule has 6 nitrogen and oxygen atoms in total. The summed E-state index contributed by atoms with van der Waals surface area (Å²) in [5, 5.41) is 10.2. The maximum Gasteiger partial charge on any atom is 0.410 e. The second-order valence-electron chi connectivity index (χ2n) is 7.53. The molecule has 1 aromatic carbocycles. The van der Waals surface area contributed by atoms with E-state index < -0.39 is 5.60 Å². The molecule has 1 fully saturated rings. The van der Waals surface area contributed by atoms with Crippen LogP contribution in [0.15, 0.2) is 24.4 Å². The molecule has 134 valence electrons. The lowest BCUT2D eigenvalue weighted by Gasteiger charge is -2.27. The van der Waals surface area contributed by atoms with Crippen molar-refractivity contribution >= 4 is 6.09 Å². The van der Waals surface area contributed by atoms with Crippen LogP contribution in [0.25, 0.3) is 11.3 Å². The van der Waals surface area contributed by atoms with Gasteiger partial charge in [0.15, 0.2) is 0 Å². The number of likely N-dealkylation sites (tertiary alicyclic amines) is 1. The van der Waals surface area contributed by atoms with Crippen molar-refractivity contribution in [3.8, 4) is 17.0 Å². The van der Waals surface area contributed by atoms with E-state index in [2.05, 4.69) is 9.97 Å². The zero-order valence-electron chi connectivity index (χ0n) is 15.2. The number of phenols is 1. The maximum absolute atomic E-state index is 12.4. The minimum absolute atomic E-state index is 0.129. The van der Waals surface area contributed by atoms with Gasteiger partial charge in [0.05, 0.1) is 17.9 Å². The third kappa shape index (κ3) is 3.78. The number of H-pyrrole nitrogens is 1. The minimum atomic E-state index is -0.522. The number of hydrogen-bond donors (Lipinski definition) is 2. The molecule has 1 unspecified atom stereocenters. The predicted octanol–water partition coefficient (Wildman–Crippen LogP) is 4.16. The summed E-state index contributed by atoms with van der Waals surface area (Å²) in [5.41, 5.74) is 1.91. The number of phenolic OH excluding ortho intramolecular Hbond substituents is 1. The van der Waals surface area contributed by atoms with Gasteiger partial charge >= 0.3 is 6.09 Å². The average Bonchev–Trinajstić information content (AvgIpc) is 3.14. The fourth-order valence-electron chi connectivity index (χ4n) is 3.10. The van der Waals surface area contributed by atoms with Gasteiger partial charge in [-0.25, -0.2) is 9.78 Å². The minimum Gasteiger partial charge on any atom is -0.507 e. The molecule has 25 heavy (non-hydrogen) atoms. The topological polar surface area (TPSA) is 78.5 Å². The summed E-state index contributed by atoms with van der Waals surface area (Å²) in [5.74, 6) is 0.934. The van der Waals surface area contributed by atoms with Gasteiger partial charge in [0, 0.05) is 12.1 Å². The molecule has 1 amide bonds. The number of ether oxygens (including phenoxy) is 1. The van der Waals surface area contributed by atoms with Crippen LogP contribution in [0.4, 0.5) is 4.79 Å². The number of nitrogens with zero attached hydrogens (tertiary/aromatic N) is 2. The second-order valence-corrected chi connectivity index (χ2v) is 7.53. The Bertz CT molecular complexity index is 776. The number of aromatic hydroxyl groups is 1. The van der Waals surface area contributed by atoms with Crippen LogP contribution < -0.4 is 0 Å². The fourth-order valence-corrected chi connectivity index (χ4v) is 3.10. The molecule has 3 rings (SSSR count). The third-order valence-corrected chi connectivity index (χ3v) is 4.24. The largest absolute Gasteiger partial charge is 0.507 e. The lowest BCUT2D eigenvalue weighted by atomic mass is 10.1. The van der Waals surface area contributed by atoms with E-state index in [1.54, 1.807) is 17.2 Å². The molecule has 1 aliphatic rings. The molecule has 0 aliphatic carbocycles. The Hall–Kier alpha value is -2.50.